The average Bonchev–Trinajstić information content (AvgIpc) is 2.32. The van der Waals surface area contributed by atoms with E-state index in [1.807, 2.05) is 34.6 Å². The number of hydrogen-bond acceptors (Lipinski definition) is 3. The van der Waals surface area contributed by atoms with Crippen molar-refractivity contribution in [1.29, 1.82) is 0 Å². The lowest BCUT2D eigenvalue weighted by Crippen LogP contribution is -2.46. The van der Waals surface area contributed by atoms with Gasteiger partial charge in [0, 0.05) is 5.92 Å². The van der Waals surface area contributed by atoms with Crippen LogP contribution in [0.4, 0.5) is 0 Å². The summed E-state index contributed by atoms with van der Waals surface area (Å²) in [7, 11) is 0. The van der Waals surface area contributed by atoms with Gasteiger partial charge in [0.1, 0.15) is 0 Å². The molecule has 1 fully saturated rings. The smallest absolute Gasteiger partial charge is 0.309 e. The molecule has 1 saturated heterocycles. The van der Waals surface area contributed by atoms with Crippen molar-refractivity contribution in [1.82, 2.24) is 0 Å². The van der Waals surface area contributed by atoms with Gasteiger partial charge in [-0.25, -0.2) is 0 Å². The Labute approximate surface area is 103 Å². The molecule has 0 amide bonds. The summed E-state index contributed by atoms with van der Waals surface area (Å²) in [5.41, 5.74) is -1.32. The van der Waals surface area contributed by atoms with E-state index in [9.17, 15) is 9.90 Å². The fraction of sp³-hybridized carbons (Fsp3) is 0.923. The fourth-order valence-corrected chi connectivity index (χ4v) is 2.44. The van der Waals surface area contributed by atoms with E-state index in [2.05, 4.69) is 0 Å². The number of ether oxygens (including phenoxy) is 2. The molecule has 17 heavy (non-hydrogen) atoms. The van der Waals surface area contributed by atoms with Crippen LogP contribution in [0.2, 0.25) is 0 Å². The monoisotopic (exact) mass is 244 g/mol. The van der Waals surface area contributed by atoms with Gasteiger partial charge in [-0.3, -0.25) is 4.79 Å². The summed E-state index contributed by atoms with van der Waals surface area (Å²) < 4.78 is 11.7. The number of rotatable bonds is 3. The number of hydrogen-bond donors (Lipinski definition) is 1. The lowest BCUT2D eigenvalue weighted by molar-refractivity contribution is -0.166. The first-order valence-corrected chi connectivity index (χ1v) is 6.01. The molecule has 1 N–H and O–H groups in total. The molecule has 0 aromatic carbocycles. The topological polar surface area (TPSA) is 55.8 Å². The summed E-state index contributed by atoms with van der Waals surface area (Å²) >= 11 is 0. The van der Waals surface area contributed by atoms with Crippen LogP contribution in [0.15, 0.2) is 0 Å². The fourth-order valence-electron chi connectivity index (χ4n) is 2.44. The minimum atomic E-state index is -0.842. The summed E-state index contributed by atoms with van der Waals surface area (Å²) in [6.07, 6.45) is -0.233. The SMILES string of the molecule is CC([C@H]1OC(C)(C)OC1(C)C)C(C)(C)C(=O)O. The van der Waals surface area contributed by atoms with Crippen LogP contribution in [-0.4, -0.2) is 28.6 Å². The van der Waals surface area contributed by atoms with Crippen LogP contribution in [0.5, 0.6) is 0 Å². The summed E-state index contributed by atoms with van der Waals surface area (Å²) in [6, 6.07) is 0. The highest BCUT2D eigenvalue weighted by Gasteiger charge is 2.53. The third-order valence-corrected chi connectivity index (χ3v) is 3.75. The zero-order valence-corrected chi connectivity index (χ0v) is 11.8. The minimum Gasteiger partial charge on any atom is -0.481 e. The Hall–Kier alpha value is -0.610. The molecule has 0 bridgehead atoms. The van der Waals surface area contributed by atoms with Gasteiger partial charge in [-0.1, -0.05) is 6.92 Å². The van der Waals surface area contributed by atoms with E-state index < -0.39 is 22.8 Å². The second-order valence-electron chi connectivity index (χ2n) is 6.46. The van der Waals surface area contributed by atoms with Crippen molar-refractivity contribution in [3.63, 3.8) is 0 Å². The van der Waals surface area contributed by atoms with Crippen molar-refractivity contribution in [2.24, 2.45) is 11.3 Å². The zero-order chi connectivity index (χ0) is 13.6. The molecule has 0 spiro atoms. The van der Waals surface area contributed by atoms with Gasteiger partial charge in [0.2, 0.25) is 0 Å². The highest BCUT2D eigenvalue weighted by Crippen LogP contribution is 2.44. The number of carboxylic acids is 1. The third kappa shape index (κ3) is 2.63. The normalized spacial score (nSPS) is 29.0. The van der Waals surface area contributed by atoms with E-state index >= 15 is 0 Å². The molecule has 1 heterocycles. The largest absolute Gasteiger partial charge is 0.481 e. The third-order valence-electron chi connectivity index (χ3n) is 3.75. The van der Waals surface area contributed by atoms with Crippen LogP contribution in [-0.2, 0) is 14.3 Å². The molecule has 0 aromatic rings. The van der Waals surface area contributed by atoms with Gasteiger partial charge in [0.25, 0.3) is 0 Å². The van der Waals surface area contributed by atoms with E-state index in [1.165, 1.54) is 0 Å². The highest BCUT2D eigenvalue weighted by atomic mass is 16.8. The van der Waals surface area contributed by atoms with Crippen molar-refractivity contribution in [2.75, 3.05) is 0 Å². The van der Waals surface area contributed by atoms with Gasteiger partial charge >= 0.3 is 5.97 Å². The molecule has 1 aliphatic heterocycles. The number of carboxylic acid groups (broad SMARTS) is 1. The first kappa shape index (κ1) is 14.5. The Morgan fingerprint density at radius 1 is 1.29 bits per heavy atom. The van der Waals surface area contributed by atoms with Gasteiger partial charge in [0.15, 0.2) is 5.79 Å². The molecule has 4 nitrogen and oxygen atoms in total. The average molecular weight is 244 g/mol. The molecule has 0 radical (unpaired) electrons. The highest BCUT2D eigenvalue weighted by molar-refractivity contribution is 5.74. The van der Waals surface area contributed by atoms with Crippen molar-refractivity contribution >= 4 is 5.97 Å². The Morgan fingerprint density at radius 2 is 1.76 bits per heavy atom. The molecule has 0 saturated carbocycles. The summed E-state index contributed by atoms with van der Waals surface area (Å²) in [5, 5.41) is 9.28. The predicted octanol–water partition coefficient (Wildman–Crippen LogP) is 2.66. The van der Waals surface area contributed by atoms with Crippen LogP contribution in [0.25, 0.3) is 0 Å². The Balaban J connectivity index is 2.98. The van der Waals surface area contributed by atoms with Crippen LogP contribution in [0.3, 0.4) is 0 Å². The maximum atomic E-state index is 11.3. The first-order chi connectivity index (χ1) is 7.40. The molecule has 2 atom stereocenters. The maximum Gasteiger partial charge on any atom is 0.309 e. The molecule has 1 unspecified atom stereocenters. The summed E-state index contributed by atoms with van der Waals surface area (Å²) in [5.74, 6) is -1.61. The van der Waals surface area contributed by atoms with Crippen LogP contribution >= 0.6 is 0 Å². The van der Waals surface area contributed by atoms with Crippen molar-refractivity contribution in [3.8, 4) is 0 Å². The Morgan fingerprint density at radius 3 is 2.06 bits per heavy atom. The van der Waals surface area contributed by atoms with E-state index in [0.717, 1.165) is 0 Å². The van der Waals surface area contributed by atoms with Crippen LogP contribution in [0.1, 0.15) is 48.5 Å². The Kier molecular flexibility index (Phi) is 3.36. The van der Waals surface area contributed by atoms with Gasteiger partial charge in [-0.05, 0) is 41.5 Å². The number of carbonyl (C=O) groups is 1. The van der Waals surface area contributed by atoms with Crippen molar-refractivity contribution in [2.45, 2.75) is 66.0 Å². The quantitative estimate of drug-likeness (QED) is 0.829. The summed E-state index contributed by atoms with van der Waals surface area (Å²) in [4.78, 5) is 11.3. The number of aliphatic carboxylic acids is 1. The Bertz CT molecular complexity index is 317. The van der Waals surface area contributed by atoms with E-state index in [0.29, 0.717) is 0 Å². The van der Waals surface area contributed by atoms with Gasteiger partial charge < -0.3 is 14.6 Å². The second-order valence-corrected chi connectivity index (χ2v) is 6.46. The molecule has 100 valence electrons. The van der Waals surface area contributed by atoms with E-state index in [-0.39, 0.29) is 12.0 Å². The maximum absolute atomic E-state index is 11.3. The minimum absolute atomic E-state index is 0.142. The molecule has 0 aromatic heterocycles. The van der Waals surface area contributed by atoms with Crippen LogP contribution < -0.4 is 0 Å². The van der Waals surface area contributed by atoms with Gasteiger partial charge in [-0.15, -0.1) is 0 Å². The molecular weight excluding hydrogens is 220 g/mol. The van der Waals surface area contributed by atoms with Crippen molar-refractivity contribution < 1.29 is 19.4 Å². The lowest BCUT2D eigenvalue weighted by Gasteiger charge is -2.36. The molecule has 1 rings (SSSR count). The van der Waals surface area contributed by atoms with Gasteiger partial charge in [0.05, 0.1) is 17.1 Å². The zero-order valence-electron chi connectivity index (χ0n) is 11.8. The molecular formula is C13H24O4. The van der Waals surface area contributed by atoms with E-state index in [1.54, 1.807) is 13.8 Å². The summed E-state index contributed by atoms with van der Waals surface area (Å²) in [6.45, 7) is 13.0. The molecule has 1 aliphatic rings. The molecule has 0 aliphatic carbocycles. The van der Waals surface area contributed by atoms with E-state index in [4.69, 9.17) is 9.47 Å². The van der Waals surface area contributed by atoms with Crippen molar-refractivity contribution in [3.05, 3.63) is 0 Å². The molecule has 4 heteroatoms. The first-order valence-electron chi connectivity index (χ1n) is 6.01. The standard InChI is InChI=1S/C13H24O4/c1-8(11(2,3)10(14)15)9-12(4,5)17-13(6,7)16-9/h8-9H,1-7H3,(H,14,15)/t8?,9-/m1/s1. The van der Waals surface area contributed by atoms with Crippen LogP contribution in [0, 0.1) is 11.3 Å². The van der Waals surface area contributed by atoms with Gasteiger partial charge in [-0.2, -0.15) is 0 Å². The lowest BCUT2D eigenvalue weighted by atomic mass is 9.73. The predicted molar refractivity (Wildman–Crippen MR) is 64.7 cm³/mol. The second kappa shape index (κ2) is 3.95.